The van der Waals surface area contributed by atoms with E-state index in [0.29, 0.717) is 16.9 Å². The fraction of sp³-hybridized carbons (Fsp3) is 0.200. The van der Waals surface area contributed by atoms with Crippen LogP contribution in [-0.2, 0) is 4.79 Å². The van der Waals surface area contributed by atoms with E-state index in [0.717, 1.165) is 11.8 Å². The maximum Gasteiger partial charge on any atom is 0.290 e. The Labute approximate surface area is 125 Å². The number of phenols is 1. The molecular weight excluding hydrogens is 290 g/mol. The predicted octanol–water partition coefficient (Wildman–Crippen LogP) is 2.90. The third kappa shape index (κ3) is 2.54. The summed E-state index contributed by atoms with van der Waals surface area (Å²) >= 11 is 0.816. The van der Waals surface area contributed by atoms with E-state index in [9.17, 15) is 14.7 Å². The normalized spacial score (nSPS) is 21.1. The van der Waals surface area contributed by atoms with E-state index in [4.69, 9.17) is 4.74 Å². The predicted molar refractivity (Wildman–Crippen MR) is 81.0 cm³/mol. The van der Waals surface area contributed by atoms with Gasteiger partial charge in [-0.25, -0.2) is 0 Å². The molecule has 2 aliphatic rings. The summed E-state index contributed by atoms with van der Waals surface area (Å²) in [6.07, 6.45) is 5.14. The van der Waals surface area contributed by atoms with Gasteiger partial charge in [0.1, 0.15) is 17.1 Å². The summed E-state index contributed by atoms with van der Waals surface area (Å²) < 4.78 is 5.76. The van der Waals surface area contributed by atoms with Crippen LogP contribution < -0.4 is 10.1 Å². The highest BCUT2D eigenvalue weighted by Crippen LogP contribution is 2.39. The average Bonchev–Trinajstić information content (AvgIpc) is 2.70. The quantitative estimate of drug-likeness (QED) is 0.780. The molecule has 21 heavy (non-hydrogen) atoms. The topological polar surface area (TPSA) is 75.6 Å². The number of ether oxygens (including phenoxy) is 1. The maximum atomic E-state index is 11.5. The molecule has 2 aliphatic heterocycles. The molecule has 2 heterocycles. The molecule has 6 heteroatoms. The van der Waals surface area contributed by atoms with E-state index >= 15 is 0 Å². The minimum atomic E-state index is -0.449. The number of imide groups is 1. The first kappa shape index (κ1) is 13.8. The molecule has 108 valence electrons. The van der Waals surface area contributed by atoms with Gasteiger partial charge < -0.3 is 9.84 Å². The van der Waals surface area contributed by atoms with Crippen molar-refractivity contribution in [3.05, 3.63) is 34.2 Å². The second kappa shape index (κ2) is 4.66. The van der Waals surface area contributed by atoms with Crippen LogP contribution in [-0.4, -0.2) is 21.9 Å². The molecule has 3 rings (SSSR count). The van der Waals surface area contributed by atoms with Gasteiger partial charge in [0, 0.05) is 5.56 Å². The van der Waals surface area contributed by atoms with Crippen molar-refractivity contribution in [3.8, 4) is 11.5 Å². The molecule has 0 aromatic heterocycles. The van der Waals surface area contributed by atoms with E-state index in [1.807, 2.05) is 19.9 Å². The fourth-order valence-electron chi connectivity index (χ4n) is 2.14. The number of thioether (sulfide) groups is 1. The number of amides is 2. The number of hydrogen-bond donors (Lipinski definition) is 2. The smallest absolute Gasteiger partial charge is 0.290 e. The van der Waals surface area contributed by atoms with Gasteiger partial charge in [0.15, 0.2) is 0 Å². The standard InChI is InChI=1S/C15H13NO4S/c1-15(2)6-5-9-10(20-15)4-3-8(12(9)17)7-11-13(18)16-14(19)21-11/h3-7,17H,1-2H3,(H,16,18,19). The van der Waals surface area contributed by atoms with Crippen LogP contribution in [0.2, 0.25) is 0 Å². The van der Waals surface area contributed by atoms with Crippen LogP contribution in [0, 0.1) is 0 Å². The number of nitrogens with one attached hydrogen (secondary N) is 1. The van der Waals surface area contributed by atoms with Crippen LogP contribution >= 0.6 is 11.8 Å². The van der Waals surface area contributed by atoms with Gasteiger partial charge in [-0.1, -0.05) is 0 Å². The van der Waals surface area contributed by atoms with Gasteiger partial charge in [0.2, 0.25) is 0 Å². The van der Waals surface area contributed by atoms with Crippen LogP contribution in [0.3, 0.4) is 0 Å². The number of rotatable bonds is 1. The minimum Gasteiger partial charge on any atom is -0.507 e. The molecule has 0 saturated carbocycles. The molecule has 5 nitrogen and oxygen atoms in total. The molecule has 1 fully saturated rings. The lowest BCUT2D eigenvalue weighted by Crippen LogP contribution is -2.27. The Kier molecular flexibility index (Phi) is 3.06. The number of carbonyl (C=O) groups is 2. The average molecular weight is 303 g/mol. The van der Waals surface area contributed by atoms with Crippen molar-refractivity contribution in [1.29, 1.82) is 0 Å². The number of phenolic OH excluding ortho intramolecular Hbond substituents is 1. The van der Waals surface area contributed by atoms with Crippen LogP contribution in [0.15, 0.2) is 23.1 Å². The Balaban J connectivity index is 2.02. The van der Waals surface area contributed by atoms with E-state index < -0.39 is 16.7 Å². The number of benzene rings is 1. The molecule has 0 atom stereocenters. The fourth-order valence-corrected chi connectivity index (χ4v) is 2.81. The largest absolute Gasteiger partial charge is 0.507 e. The van der Waals surface area contributed by atoms with Crippen molar-refractivity contribution < 1.29 is 19.4 Å². The van der Waals surface area contributed by atoms with Gasteiger partial charge >= 0.3 is 0 Å². The zero-order valence-corrected chi connectivity index (χ0v) is 12.3. The van der Waals surface area contributed by atoms with Crippen LogP contribution in [0.25, 0.3) is 12.2 Å². The summed E-state index contributed by atoms with van der Waals surface area (Å²) in [6, 6.07) is 3.40. The highest BCUT2D eigenvalue weighted by atomic mass is 32.2. The first-order valence-corrected chi connectivity index (χ1v) is 7.16. The summed E-state index contributed by atoms with van der Waals surface area (Å²) in [4.78, 5) is 22.9. The summed E-state index contributed by atoms with van der Waals surface area (Å²) in [6.45, 7) is 3.84. The van der Waals surface area contributed by atoms with Gasteiger partial charge in [-0.15, -0.1) is 0 Å². The van der Waals surface area contributed by atoms with Crippen molar-refractivity contribution in [2.45, 2.75) is 19.4 Å². The third-order valence-electron chi connectivity index (χ3n) is 3.16. The molecule has 0 aliphatic carbocycles. The van der Waals surface area contributed by atoms with Crippen molar-refractivity contribution in [3.63, 3.8) is 0 Å². The SMILES string of the molecule is CC1(C)C=Cc2c(ccc(C=C3SC(=O)NC3=O)c2O)O1. The lowest BCUT2D eigenvalue weighted by Gasteiger charge is -2.28. The number of hydrogen-bond acceptors (Lipinski definition) is 5. The van der Waals surface area contributed by atoms with Gasteiger partial charge in [-0.2, -0.15) is 0 Å². The number of carbonyl (C=O) groups excluding carboxylic acids is 2. The first-order valence-electron chi connectivity index (χ1n) is 6.35. The molecule has 0 unspecified atom stereocenters. The molecule has 1 saturated heterocycles. The molecular formula is C15H13NO4S. The number of aromatic hydroxyl groups is 1. The molecule has 2 N–H and O–H groups in total. The van der Waals surface area contributed by atoms with Gasteiger partial charge in [0.25, 0.3) is 11.1 Å². The highest BCUT2D eigenvalue weighted by Gasteiger charge is 2.27. The molecule has 2 amide bonds. The third-order valence-corrected chi connectivity index (χ3v) is 3.97. The van der Waals surface area contributed by atoms with E-state index in [-0.39, 0.29) is 10.7 Å². The van der Waals surface area contributed by atoms with Crippen molar-refractivity contribution in [1.82, 2.24) is 5.32 Å². The Morgan fingerprint density at radius 2 is 2.10 bits per heavy atom. The Morgan fingerprint density at radius 1 is 1.33 bits per heavy atom. The van der Waals surface area contributed by atoms with Gasteiger partial charge in [0.05, 0.1) is 10.5 Å². The molecule has 0 radical (unpaired) electrons. The summed E-state index contributed by atoms with van der Waals surface area (Å²) in [5.41, 5.74) is 0.611. The molecule has 0 spiro atoms. The molecule has 1 aromatic carbocycles. The van der Waals surface area contributed by atoms with Gasteiger partial charge in [-0.3, -0.25) is 14.9 Å². The summed E-state index contributed by atoms with van der Waals surface area (Å²) in [5, 5.41) is 12.1. The number of fused-ring (bicyclic) bond motifs is 1. The van der Waals surface area contributed by atoms with Crippen LogP contribution in [0.5, 0.6) is 11.5 Å². The van der Waals surface area contributed by atoms with E-state index in [2.05, 4.69) is 5.32 Å². The van der Waals surface area contributed by atoms with E-state index in [1.165, 1.54) is 6.08 Å². The Morgan fingerprint density at radius 3 is 2.76 bits per heavy atom. The highest BCUT2D eigenvalue weighted by molar-refractivity contribution is 8.18. The van der Waals surface area contributed by atoms with Crippen molar-refractivity contribution >= 4 is 35.1 Å². The summed E-state index contributed by atoms with van der Waals surface area (Å²) in [7, 11) is 0. The molecule has 1 aromatic rings. The monoisotopic (exact) mass is 303 g/mol. The Hall–Kier alpha value is -2.21. The van der Waals surface area contributed by atoms with Crippen LogP contribution in [0.1, 0.15) is 25.0 Å². The zero-order valence-electron chi connectivity index (χ0n) is 11.5. The minimum absolute atomic E-state index is 0.0273. The lowest BCUT2D eigenvalue weighted by atomic mass is 9.99. The zero-order chi connectivity index (χ0) is 15.2. The molecule has 0 bridgehead atoms. The van der Waals surface area contributed by atoms with Crippen molar-refractivity contribution in [2.24, 2.45) is 0 Å². The van der Waals surface area contributed by atoms with Gasteiger partial charge in [-0.05, 0) is 56.0 Å². The van der Waals surface area contributed by atoms with Crippen LogP contribution in [0.4, 0.5) is 4.79 Å². The maximum absolute atomic E-state index is 11.5. The lowest BCUT2D eigenvalue weighted by molar-refractivity contribution is -0.115. The first-order chi connectivity index (χ1) is 9.85. The van der Waals surface area contributed by atoms with Crippen molar-refractivity contribution in [2.75, 3.05) is 0 Å². The second-order valence-corrected chi connectivity index (χ2v) is 6.32. The van der Waals surface area contributed by atoms with E-state index in [1.54, 1.807) is 18.2 Å². The summed E-state index contributed by atoms with van der Waals surface area (Å²) in [5.74, 6) is 0.163. The Bertz CT molecular complexity index is 719. The second-order valence-electron chi connectivity index (χ2n) is 5.31.